The number of anilines is 1. The monoisotopic (exact) mass is 128 g/mol. The number of nitrogens with zero attached hydrogens (tertiary/aromatic N) is 1. The smallest absolute Gasteiger partial charge is 0.169 e. The van der Waals surface area contributed by atoms with E-state index in [1.54, 1.807) is 0 Å². The Bertz CT molecular complexity index is 188. The Labute approximate surface area is 55.5 Å². The third kappa shape index (κ3) is 1.45. The Kier molecular flexibility index (Phi) is 1.72. The fourth-order valence-electron chi connectivity index (χ4n) is 0.631. The minimum absolute atomic E-state index is 0. The Morgan fingerprint density at radius 3 is 3.11 bits per heavy atom. The number of aromatic nitrogens is 1. The zero-order chi connectivity index (χ0) is 6.69. The molecule has 52 valence electrons. The van der Waals surface area contributed by atoms with Crippen LogP contribution in [0.25, 0.3) is 0 Å². The van der Waals surface area contributed by atoms with Gasteiger partial charge in [0, 0.05) is 14.0 Å². The summed E-state index contributed by atoms with van der Waals surface area (Å²) in [6.45, 7) is 4.77. The first kappa shape index (κ1) is 6.13. The summed E-state index contributed by atoms with van der Waals surface area (Å²) in [6, 6.07) is 1.86. The molecule has 0 aliphatic rings. The van der Waals surface area contributed by atoms with Crippen molar-refractivity contribution >= 4 is 5.82 Å². The van der Waals surface area contributed by atoms with Crippen LogP contribution >= 0.6 is 0 Å². The summed E-state index contributed by atoms with van der Waals surface area (Å²) in [4.78, 5) is 0. The van der Waals surface area contributed by atoms with Crippen molar-refractivity contribution in [2.24, 2.45) is 0 Å². The molecule has 1 heterocycles. The third-order valence-electron chi connectivity index (χ3n) is 0.986. The van der Waals surface area contributed by atoms with E-state index in [4.69, 9.17) is 4.52 Å². The molecule has 3 heteroatoms. The molecule has 0 saturated carbocycles. The van der Waals surface area contributed by atoms with E-state index in [1.807, 2.05) is 19.9 Å². The first-order valence-corrected chi connectivity index (χ1v) is 3.00. The van der Waals surface area contributed by atoms with E-state index in [1.165, 1.54) is 0 Å². The quantitative estimate of drug-likeness (QED) is 0.658. The zero-order valence-corrected chi connectivity index (χ0v) is 5.64. The largest absolute Gasteiger partial charge is 0.368 e. The summed E-state index contributed by atoms with van der Waals surface area (Å²) >= 11 is 0. The Balaban J connectivity index is 0.000000810. The van der Waals surface area contributed by atoms with Gasteiger partial charge in [0.05, 0.1) is 0 Å². The molecule has 1 N–H and O–H groups in total. The molecule has 0 aliphatic heterocycles. The Morgan fingerprint density at radius 1 is 1.89 bits per heavy atom. The average Bonchev–Trinajstić information content (AvgIpc) is 2.17. The van der Waals surface area contributed by atoms with Crippen molar-refractivity contribution in [1.82, 2.24) is 5.16 Å². The maximum atomic E-state index is 4.80. The molecule has 0 unspecified atom stereocenters. The fraction of sp³-hybridized carbons (Fsp3) is 0.500. The number of hydrogen-bond donors (Lipinski definition) is 1. The van der Waals surface area contributed by atoms with Crippen LogP contribution in [-0.2, 0) is 0 Å². The molecular weight excluding hydrogens is 116 g/mol. The summed E-state index contributed by atoms with van der Waals surface area (Å²) in [7, 11) is 0. The van der Waals surface area contributed by atoms with Crippen LogP contribution in [0.3, 0.4) is 0 Å². The van der Waals surface area contributed by atoms with Crippen LogP contribution in [0.2, 0.25) is 0 Å². The maximum absolute atomic E-state index is 4.80. The van der Waals surface area contributed by atoms with Gasteiger partial charge in [0.2, 0.25) is 0 Å². The summed E-state index contributed by atoms with van der Waals surface area (Å²) in [5.74, 6) is 1.65. The van der Waals surface area contributed by atoms with Gasteiger partial charge in [0.1, 0.15) is 5.76 Å². The molecule has 0 amide bonds. The Hall–Kier alpha value is -0.990. The lowest BCUT2D eigenvalue weighted by Gasteiger charge is -1.90. The number of nitrogens with one attached hydrogen (secondary N) is 1. The normalized spacial score (nSPS) is 9.56. The lowest BCUT2D eigenvalue weighted by molar-refractivity contribution is 0.400. The van der Waals surface area contributed by atoms with Crippen molar-refractivity contribution in [3.8, 4) is 0 Å². The van der Waals surface area contributed by atoms with E-state index in [-0.39, 0.29) is 1.43 Å². The van der Waals surface area contributed by atoms with Crippen molar-refractivity contribution in [2.75, 3.05) is 11.9 Å². The topological polar surface area (TPSA) is 38.1 Å². The molecule has 0 aliphatic carbocycles. The van der Waals surface area contributed by atoms with Crippen LogP contribution in [0.1, 0.15) is 14.1 Å². The predicted octanol–water partition coefficient (Wildman–Crippen LogP) is 1.66. The number of aryl methyl sites for hydroxylation is 1. The highest BCUT2D eigenvalue weighted by Gasteiger charge is 1.94. The summed E-state index contributed by atoms with van der Waals surface area (Å²) in [6.07, 6.45) is 0. The van der Waals surface area contributed by atoms with Gasteiger partial charge in [-0.25, -0.2) is 0 Å². The van der Waals surface area contributed by atoms with E-state index in [0.717, 1.165) is 18.1 Å². The molecule has 3 nitrogen and oxygen atoms in total. The summed E-state index contributed by atoms with van der Waals surface area (Å²) < 4.78 is 4.80. The molecular formula is C6H12N2O. The highest BCUT2D eigenvalue weighted by molar-refractivity contribution is 5.32. The minimum atomic E-state index is 0. The molecule has 0 atom stereocenters. The third-order valence-corrected chi connectivity index (χ3v) is 0.986. The molecule has 0 aromatic carbocycles. The van der Waals surface area contributed by atoms with Crippen molar-refractivity contribution in [3.63, 3.8) is 0 Å². The van der Waals surface area contributed by atoms with Crippen molar-refractivity contribution < 1.29 is 5.95 Å². The van der Waals surface area contributed by atoms with Crippen LogP contribution in [0.5, 0.6) is 0 Å². The first-order chi connectivity index (χ1) is 4.33. The molecule has 1 aromatic heterocycles. The lowest BCUT2D eigenvalue weighted by atomic mass is 10.5. The molecule has 0 saturated heterocycles. The van der Waals surface area contributed by atoms with E-state index in [0.29, 0.717) is 0 Å². The van der Waals surface area contributed by atoms with Crippen LogP contribution in [0.4, 0.5) is 5.82 Å². The van der Waals surface area contributed by atoms with E-state index >= 15 is 0 Å². The minimum Gasteiger partial charge on any atom is -0.368 e. The predicted molar refractivity (Wildman–Crippen MR) is 37.5 cm³/mol. The lowest BCUT2D eigenvalue weighted by Crippen LogP contribution is -1.95. The number of rotatable bonds is 2. The average molecular weight is 128 g/mol. The second kappa shape index (κ2) is 2.53. The SMILES string of the molecule is CCNc1cc(C)on1.[HH]. The van der Waals surface area contributed by atoms with E-state index in [2.05, 4.69) is 10.5 Å². The van der Waals surface area contributed by atoms with Gasteiger partial charge in [-0.3, -0.25) is 0 Å². The van der Waals surface area contributed by atoms with E-state index < -0.39 is 0 Å². The standard InChI is InChI=1S/C6H10N2O.H2/c1-3-7-6-4-5(2)9-8-6;/h4H,3H2,1-2H3,(H,7,8);1H. The molecule has 1 aromatic rings. The van der Waals surface area contributed by atoms with Gasteiger partial charge in [-0.05, 0) is 13.8 Å². The van der Waals surface area contributed by atoms with Crippen LogP contribution in [-0.4, -0.2) is 11.7 Å². The first-order valence-electron chi connectivity index (χ1n) is 3.00. The van der Waals surface area contributed by atoms with Crippen molar-refractivity contribution in [2.45, 2.75) is 13.8 Å². The Morgan fingerprint density at radius 2 is 2.67 bits per heavy atom. The van der Waals surface area contributed by atoms with Gasteiger partial charge in [-0.2, -0.15) is 0 Å². The molecule has 0 fully saturated rings. The van der Waals surface area contributed by atoms with Gasteiger partial charge in [0.25, 0.3) is 0 Å². The van der Waals surface area contributed by atoms with Crippen LogP contribution in [0, 0.1) is 6.92 Å². The van der Waals surface area contributed by atoms with Gasteiger partial charge in [0.15, 0.2) is 5.82 Å². The molecule has 1 rings (SSSR count). The highest BCUT2D eigenvalue weighted by atomic mass is 16.5. The van der Waals surface area contributed by atoms with Gasteiger partial charge in [-0.15, -0.1) is 0 Å². The second-order valence-electron chi connectivity index (χ2n) is 1.85. The zero-order valence-electron chi connectivity index (χ0n) is 5.64. The highest BCUT2D eigenvalue weighted by Crippen LogP contribution is 2.05. The second-order valence-corrected chi connectivity index (χ2v) is 1.85. The summed E-state index contributed by atoms with van der Waals surface area (Å²) in [5.41, 5.74) is 0. The molecule has 0 spiro atoms. The molecule has 0 radical (unpaired) electrons. The van der Waals surface area contributed by atoms with Gasteiger partial charge < -0.3 is 9.84 Å². The number of hydrogen-bond acceptors (Lipinski definition) is 3. The summed E-state index contributed by atoms with van der Waals surface area (Å²) in [5, 5.41) is 6.74. The maximum Gasteiger partial charge on any atom is 0.169 e. The van der Waals surface area contributed by atoms with Gasteiger partial charge in [-0.1, -0.05) is 5.16 Å². The van der Waals surface area contributed by atoms with Crippen LogP contribution in [0.15, 0.2) is 10.6 Å². The van der Waals surface area contributed by atoms with Crippen molar-refractivity contribution in [1.29, 1.82) is 0 Å². The van der Waals surface area contributed by atoms with Gasteiger partial charge >= 0.3 is 0 Å². The van der Waals surface area contributed by atoms with E-state index in [9.17, 15) is 0 Å². The molecule has 0 bridgehead atoms. The van der Waals surface area contributed by atoms with Crippen LogP contribution < -0.4 is 5.32 Å². The fourth-order valence-corrected chi connectivity index (χ4v) is 0.631. The molecule has 9 heavy (non-hydrogen) atoms. The van der Waals surface area contributed by atoms with Crippen molar-refractivity contribution in [3.05, 3.63) is 11.8 Å².